The largest absolute Gasteiger partial charge is 0.493 e. The number of rotatable bonds is 9. The third-order valence-electron chi connectivity index (χ3n) is 4.80. The smallest absolute Gasteiger partial charge is 0.331 e. The summed E-state index contributed by atoms with van der Waals surface area (Å²) in [5.74, 6) is 2.13. The van der Waals surface area contributed by atoms with E-state index >= 15 is 0 Å². The van der Waals surface area contributed by atoms with Gasteiger partial charge in [-0.3, -0.25) is 19.8 Å². The lowest BCUT2D eigenvalue weighted by Gasteiger charge is -2.26. The van der Waals surface area contributed by atoms with Crippen LogP contribution in [0.25, 0.3) is 6.08 Å². The SMILES string of the molecule is C#CCOc1ccc(Cl)cc1/C=C1\C(=O)NC(=O)N(Cc2ccc(OCCC)c(OC)c2)C1=O. The minimum atomic E-state index is -0.827. The molecule has 4 amide bonds. The highest BCUT2D eigenvalue weighted by Crippen LogP contribution is 2.30. The van der Waals surface area contributed by atoms with Gasteiger partial charge in [0.2, 0.25) is 0 Å². The zero-order valence-corrected chi connectivity index (χ0v) is 19.5. The highest BCUT2D eigenvalue weighted by Gasteiger charge is 2.36. The second kappa shape index (κ2) is 11.3. The summed E-state index contributed by atoms with van der Waals surface area (Å²) in [6, 6.07) is 8.97. The number of benzene rings is 2. The fourth-order valence-electron chi connectivity index (χ4n) is 3.20. The van der Waals surface area contributed by atoms with Gasteiger partial charge in [-0.25, -0.2) is 4.79 Å². The van der Waals surface area contributed by atoms with E-state index in [1.54, 1.807) is 30.3 Å². The number of nitrogens with zero attached hydrogens (tertiary/aromatic N) is 1. The molecule has 1 heterocycles. The molecule has 9 heteroatoms. The number of carbonyl (C=O) groups is 3. The predicted molar refractivity (Wildman–Crippen MR) is 127 cm³/mol. The number of methoxy groups -OCH3 is 1. The molecule has 1 aliphatic rings. The van der Waals surface area contributed by atoms with Crippen molar-refractivity contribution < 1.29 is 28.6 Å². The maximum absolute atomic E-state index is 13.1. The highest BCUT2D eigenvalue weighted by molar-refractivity contribution is 6.32. The fraction of sp³-hybridized carbons (Fsp3) is 0.240. The summed E-state index contributed by atoms with van der Waals surface area (Å²) >= 11 is 6.08. The molecule has 2 aromatic rings. The van der Waals surface area contributed by atoms with E-state index in [-0.39, 0.29) is 18.7 Å². The number of amides is 4. The summed E-state index contributed by atoms with van der Waals surface area (Å²) in [5.41, 5.74) is 0.732. The van der Waals surface area contributed by atoms with Crippen molar-refractivity contribution in [3.63, 3.8) is 0 Å². The number of terminal acetylenes is 1. The molecule has 0 atom stereocenters. The molecule has 0 bridgehead atoms. The first-order chi connectivity index (χ1) is 16.4. The first kappa shape index (κ1) is 24.7. The van der Waals surface area contributed by atoms with Crippen LogP contribution >= 0.6 is 11.6 Å². The summed E-state index contributed by atoms with van der Waals surface area (Å²) in [7, 11) is 1.50. The van der Waals surface area contributed by atoms with Crippen molar-refractivity contribution in [2.24, 2.45) is 0 Å². The topological polar surface area (TPSA) is 94.2 Å². The molecule has 1 fully saturated rings. The summed E-state index contributed by atoms with van der Waals surface area (Å²) in [4.78, 5) is 39.0. The van der Waals surface area contributed by atoms with Crippen LogP contribution in [0.3, 0.4) is 0 Å². The van der Waals surface area contributed by atoms with Gasteiger partial charge < -0.3 is 14.2 Å². The van der Waals surface area contributed by atoms with Gasteiger partial charge in [0.15, 0.2) is 11.5 Å². The molecule has 8 nitrogen and oxygen atoms in total. The number of hydrogen-bond acceptors (Lipinski definition) is 6. The molecular formula is C25H23ClN2O6. The van der Waals surface area contributed by atoms with Gasteiger partial charge in [-0.15, -0.1) is 6.42 Å². The molecule has 3 rings (SSSR count). The van der Waals surface area contributed by atoms with Crippen LogP contribution in [0.1, 0.15) is 24.5 Å². The van der Waals surface area contributed by atoms with E-state index in [1.807, 2.05) is 6.92 Å². The molecule has 1 N–H and O–H groups in total. The van der Waals surface area contributed by atoms with Gasteiger partial charge in [0, 0.05) is 10.6 Å². The average Bonchev–Trinajstić information content (AvgIpc) is 2.82. The lowest BCUT2D eigenvalue weighted by molar-refractivity contribution is -0.130. The van der Waals surface area contributed by atoms with E-state index in [0.29, 0.717) is 40.0 Å². The van der Waals surface area contributed by atoms with Gasteiger partial charge in [0.05, 0.1) is 20.3 Å². The van der Waals surface area contributed by atoms with E-state index in [2.05, 4.69) is 11.2 Å². The van der Waals surface area contributed by atoms with Gasteiger partial charge in [-0.2, -0.15) is 0 Å². The third kappa shape index (κ3) is 5.69. The zero-order chi connectivity index (χ0) is 24.7. The minimum Gasteiger partial charge on any atom is -0.493 e. The number of nitrogens with one attached hydrogen (secondary N) is 1. The number of barbiturate groups is 1. The number of hydrogen-bond donors (Lipinski definition) is 1. The van der Waals surface area contributed by atoms with Crippen LogP contribution < -0.4 is 19.5 Å². The summed E-state index contributed by atoms with van der Waals surface area (Å²) < 4.78 is 16.5. The van der Waals surface area contributed by atoms with E-state index in [1.165, 1.54) is 19.3 Å². The van der Waals surface area contributed by atoms with Crippen molar-refractivity contribution in [2.75, 3.05) is 20.3 Å². The number of urea groups is 1. The van der Waals surface area contributed by atoms with Crippen molar-refractivity contribution in [3.8, 4) is 29.6 Å². The first-order valence-electron chi connectivity index (χ1n) is 10.4. The molecule has 176 valence electrons. The second-order valence-corrected chi connectivity index (χ2v) is 7.65. The Labute approximate surface area is 202 Å². The summed E-state index contributed by atoms with van der Waals surface area (Å²) in [6.45, 7) is 2.41. The third-order valence-corrected chi connectivity index (χ3v) is 5.03. The van der Waals surface area contributed by atoms with Crippen LogP contribution in [0, 0.1) is 12.3 Å². The van der Waals surface area contributed by atoms with Crippen LogP contribution in [-0.2, 0) is 16.1 Å². The molecular weight excluding hydrogens is 460 g/mol. The van der Waals surface area contributed by atoms with Crippen molar-refractivity contribution in [1.82, 2.24) is 10.2 Å². The van der Waals surface area contributed by atoms with E-state index in [0.717, 1.165) is 11.3 Å². The number of imide groups is 2. The lowest BCUT2D eigenvalue weighted by atomic mass is 10.1. The Morgan fingerprint density at radius 3 is 2.56 bits per heavy atom. The van der Waals surface area contributed by atoms with E-state index in [9.17, 15) is 14.4 Å². The van der Waals surface area contributed by atoms with Crippen LogP contribution in [-0.4, -0.2) is 43.1 Å². The van der Waals surface area contributed by atoms with Gasteiger partial charge in [0.1, 0.15) is 17.9 Å². The van der Waals surface area contributed by atoms with Crippen molar-refractivity contribution in [2.45, 2.75) is 19.9 Å². The quantitative estimate of drug-likeness (QED) is 0.332. The number of halogens is 1. The van der Waals surface area contributed by atoms with Crippen molar-refractivity contribution in [1.29, 1.82) is 0 Å². The first-order valence-corrected chi connectivity index (χ1v) is 10.8. The standard InChI is InChI=1S/C25H23ClN2O6/c1-4-10-33-20-9-7-18(26)13-17(20)14-19-23(29)27-25(31)28(24(19)30)15-16-6-8-21(34-11-5-2)22(12-16)32-3/h1,6-9,12-14H,5,10-11,15H2,2-3H3,(H,27,29,31)/b19-14+. The minimum absolute atomic E-state index is 0.0115. The Morgan fingerprint density at radius 1 is 1.09 bits per heavy atom. The Kier molecular flexibility index (Phi) is 8.17. The van der Waals surface area contributed by atoms with E-state index in [4.69, 9.17) is 32.2 Å². The normalized spacial score (nSPS) is 14.6. The number of ether oxygens (including phenoxy) is 3. The van der Waals surface area contributed by atoms with Crippen molar-refractivity contribution in [3.05, 3.63) is 58.1 Å². The van der Waals surface area contributed by atoms with Gasteiger partial charge >= 0.3 is 6.03 Å². The maximum atomic E-state index is 13.1. The molecule has 0 saturated carbocycles. The fourth-order valence-corrected chi connectivity index (χ4v) is 3.38. The maximum Gasteiger partial charge on any atom is 0.331 e. The molecule has 0 radical (unpaired) electrons. The Bertz CT molecular complexity index is 1180. The Hall–Kier alpha value is -3.96. The van der Waals surface area contributed by atoms with Crippen LogP contribution in [0.5, 0.6) is 17.2 Å². The molecule has 1 saturated heterocycles. The summed E-state index contributed by atoms with van der Waals surface area (Å²) in [5, 5.41) is 2.56. The van der Waals surface area contributed by atoms with Crippen molar-refractivity contribution >= 4 is 35.5 Å². The van der Waals surface area contributed by atoms with Gasteiger partial charge in [0.25, 0.3) is 11.8 Å². The van der Waals surface area contributed by atoms with Gasteiger partial charge in [-0.1, -0.05) is 30.5 Å². The van der Waals surface area contributed by atoms with Crippen LogP contribution in [0.4, 0.5) is 4.79 Å². The molecule has 0 aliphatic carbocycles. The Morgan fingerprint density at radius 2 is 1.85 bits per heavy atom. The zero-order valence-electron chi connectivity index (χ0n) is 18.7. The number of carbonyl (C=O) groups excluding carboxylic acids is 3. The average molecular weight is 483 g/mol. The van der Waals surface area contributed by atoms with E-state index < -0.39 is 17.8 Å². The van der Waals surface area contributed by atoms with Crippen LogP contribution in [0.15, 0.2) is 42.0 Å². The second-order valence-electron chi connectivity index (χ2n) is 7.22. The molecule has 0 aromatic heterocycles. The monoisotopic (exact) mass is 482 g/mol. The summed E-state index contributed by atoms with van der Waals surface area (Å²) in [6.07, 6.45) is 7.40. The molecule has 34 heavy (non-hydrogen) atoms. The van der Waals surface area contributed by atoms with Gasteiger partial charge in [-0.05, 0) is 48.4 Å². The van der Waals surface area contributed by atoms with Crippen LogP contribution in [0.2, 0.25) is 5.02 Å². The highest BCUT2D eigenvalue weighted by atomic mass is 35.5. The lowest BCUT2D eigenvalue weighted by Crippen LogP contribution is -2.53. The predicted octanol–water partition coefficient (Wildman–Crippen LogP) is 3.81. The molecule has 2 aromatic carbocycles. The Balaban J connectivity index is 1.90. The molecule has 1 aliphatic heterocycles. The molecule has 0 unspecified atom stereocenters. The molecule has 0 spiro atoms.